The van der Waals surface area contributed by atoms with Crippen LogP contribution in [0.15, 0.2) is 54.7 Å². The molecule has 1 fully saturated rings. The van der Waals surface area contributed by atoms with Crippen molar-refractivity contribution in [1.29, 1.82) is 0 Å². The lowest BCUT2D eigenvalue weighted by atomic mass is 10.2. The van der Waals surface area contributed by atoms with Gasteiger partial charge in [-0.05, 0) is 55.5 Å². The number of hydrogen-bond acceptors (Lipinski definition) is 5. The van der Waals surface area contributed by atoms with Gasteiger partial charge in [-0.2, -0.15) is 0 Å². The van der Waals surface area contributed by atoms with Gasteiger partial charge in [0.25, 0.3) is 0 Å². The van der Waals surface area contributed by atoms with Crippen molar-refractivity contribution in [2.24, 2.45) is 0 Å². The van der Waals surface area contributed by atoms with Crippen LogP contribution >= 0.6 is 0 Å². The Kier molecular flexibility index (Phi) is 4.44. The number of fused-ring (bicyclic) bond motifs is 1. The molecule has 1 aromatic carbocycles. The minimum absolute atomic E-state index is 0.268. The zero-order valence-corrected chi connectivity index (χ0v) is 16.1. The van der Waals surface area contributed by atoms with E-state index in [1.165, 1.54) is 12.1 Å². The Bertz CT molecular complexity index is 1160. The molecule has 0 atom stereocenters. The van der Waals surface area contributed by atoms with Gasteiger partial charge in [-0.25, -0.2) is 14.4 Å². The number of pyridine rings is 2. The first-order valence-corrected chi connectivity index (χ1v) is 9.73. The monoisotopic (exact) mass is 388 g/mol. The van der Waals surface area contributed by atoms with Gasteiger partial charge < -0.3 is 10.2 Å². The smallest absolute Gasteiger partial charge is 0.167 e. The van der Waals surface area contributed by atoms with E-state index in [9.17, 15) is 4.39 Å². The zero-order valence-electron chi connectivity index (χ0n) is 16.1. The predicted molar refractivity (Wildman–Crippen MR) is 112 cm³/mol. The van der Waals surface area contributed by atoms with Crippen molar-refractivity contribution < 1.29 is 4.39 Å². The first kappa shape index (κ1) is 17.8. The number of anilines is 1. The molecular weight excluding hydrogens is 367 g/mol. The second-order valence-electron chi connectivity index (χ2n) is 7.18. The number of aromatic nitrogens is 4. The topological polar surface area (TPSA) is 58.9 Å². The summed E-state index contributed by atoms with van der Waals surface area (Å²) in [6.45, 7) is 5.70. The summed E-state index contributed by atoms with van der Waals surface area (Å²) in [7, 11) is 0. The molecule has 6 nitrogen and oxygen atoms in total. The normalized spacial score (nSPS) is 14.5. The van der Waals surface area contributed by atoms with Crippen LogP contribution in [0, 0.1) is 12.7 Å². The van der Waals surface area contributed by atoms with Gasteiger partial charge in [0.15, 0.2) is 5.65 Å². The van der Waals surface area contributed by atoms with Gasteiger partial charge in [0, 0.05) is 43.6 Å². The van der Waals surface area contributed by atoms with Crippen molar-refractivity contribution in [2.75, 3.05) is 31.1 Å². The highest BCUT2D eigenvalue weighted by Crippen LogP contribution is 2.29. The van der Waals surface area contributed by atoms with E-state index in [0.717, 1.165) is 65.9 Å². The van der Waals surface area contributed by atoms with Gasteiger partial charge in [-0.15, -0.1) is 0 Å². The SMILES string of the molecule is Cc1cc(-n2c(-c3ccc(F)cc3)nc3ccc(N4CCNCC4)nc32)ccn1. The van der Waals surface area contributed by atoms with Crippen LogP contribution in [0.1, 0.15) is 5.69 Å². The molecule has 1 saturated heterocycles. The molecule has 7 heteroatoms. The fraction of sp³-hybridized carbons (Fsp3) is 0.227. The summed E-state index contributed by atoms with van der Waals surface area (Å²) in [4.78, 5) is 16.4. The van der Waals surface area contributed by atoms with Gasteiger partial charge in [0.2, 0.25) is 0 Å². The first-order chi connectivity index (χ1) is 14.2. The second kappa shape index (κ2) is 7.25. The largest absolute Gasteiger partial charge is 0.354 e. The third kappa shape index (κ3) is 3.34. The number of halogens is 1. The molecular formula is C22H21FN6. The molecule has 0 saturated carbocycles. The van der Waals surface area contributed by atoms with E-state index in [0.29, 0.717) is 0 Å². The molecule has 0 bridgehead atoms. The summed E-state index contributed by atoms with van der Waals surface area (Å²) < 4.78 is 15.5. The van der Waals surface area contributed by atoms with E-state index in [4.69, 9.17) is 9.97 Å². The van der Waals surface area contributed by atoms with Crippen molar-refractivity contribution in [3.05, 3.63) is 66.2 Å². The third-order valence-corrected chi connectivity index (χ3v) is 5.17. The highest BCUT2D eigenvalue weighted by atomic mass is 19.1. The van der Waals surface area contributed by atoms with Crippen LogP contribution in [-0.4, -0.2) is 45.7 Å². The molecule has 0 spiro atoms. The lowest BCUT2D eigenvalue weighted by Crippen LogP contribution is -2.43. The second-order valence-corrected chi connectivity index (χ2v) is 7.18. The van der Waals surface area contributed by atoms with Crippen LogP contribution in [0.5, 0.6) is 0 Å². The van der Waals surface area contributed by atoms with Crippen molar-refractivity contribution >= 4 is 17.0 Å². The predicted octanol–water partition coefficient (Wildman–Crippen LogP) is 3.34. The lowest BCUT2D eigenvalue weighted by Gasteiger charge is -2.28. The summed E-state index contributed by atoms with van der Waals surface area (Å²) in [6, 6.07) is 14.4. The van der Waals surface area contributed by atoms with Crippen molar-refractivity contribution in [1.82, 2.24) is 24.8 Å². The van der Waals surface area contributed by atoms with E-state index in [-0.39, 0.29) is 5.82 Å². The standard InChI is InChI=1S/C22H21FN6/c1-15-14-18(8-9-25-15)29-21(16-2-4-17(23)5-3-16)26-19-6-7-20(27-22(19)29)28-12-10-24-11-13-28/h2-9,14,24H,10-13H2,1H3. The minimum Gasteiger partial charge on any atom is -0.354 e. The molecule has 146 valence electrons. The van der Waals surface area contributed by atoms with Crippen LogP contribution in [-0.2, 0) is 0 Å². The number of aryl methyl sites for hydroxylation is 1. The molecule has 0 unspecified atom stereocenters. The maximum atomic E-state index is 13.5. The average Bonchev–Trinajstić information content (AvgIpc) is 3.13. The summed E-state index contributed by atoms with van der Waals surface area (Å²) in [5.74, 6) is 1.41. The van der Waals surface area contributed by atoms with Crippen LogP contribution < -0.4 is 10.2 Å². The number of rotatable bonds is 3. The fourth-order valence-corrected chi connectivity index (χ4v) is 3.72. The van der Waals surface area contributed by atoms with Gasteiger partial charge in [-0.1, -0.05) is 0 Å². The lowest BCUT2D eigenvalue weighted by molar-refractivity contribution is 0.585. The highest BCUT2D eigenvalue weighted by Gasteiger charge is 2.19. The van der Waals surface area contributed by atoms with Crippen molar-refractivity contribution in [3.63, 3.8) is 0 Å². The summed E-state index contributed by atoms with van der Waals surface area (Å²) >= 11 is 0. The molecule has 0 radical (unpaired) electrons. The summed E-state index contributed by atoms with van der Waals surface area (Å²) in [5, 5.41) is 3.37. The van der Waals surface area contributed by atoms with Crippen molar-refractivity contribution in [2.45, 2.75) is 6.92 Å². The number of hydrogen-bond donors (Lipinski definition) is 1. The molecule has 0 amide bonds. The third-order valence-electron chi connectivity index (χ3n) is 5.17. The van der Waals surface area contributed by atoms with Gasteiger partial charge in [0.1, 0.15) is 23.0 Å². The van der Waals surface area contributed by atoms with Crippen LogP contribution in [0.25, 0.3) is 28.2 Å². The Morgan fingerprint density at radius 1 is 0.966 bits per heavy atom. The molecule has 29 heavy (non-hydrogen) atoms. The Balaban J connectivity index is 1.73. The van der Waals surface area contributed by atoms with E-state index < -0.39 is 0 Å². The molecule has 4 heterocycles. The number of nitrogens with zero attached hydrogens (tertiary/aromatic N) is 5. The van der Waals surface area contributed by atoms with Crippen molar-refractivity contribution in [3.8, 4) is 17.1 Å². The Hall–Kier alpha value is -3.32. The van der Waals surface area contributed by atoms with Crippen LogP contribution in [0.2, 0.25) is 0 Å². The fourth-order valence-electron chi connectivity index (χ4n) is 3.72. The molecule has 0 aliphatic carbocycles. The summed E-state index contributed by atoms with van der Waals surface area (Å²) in [5.41, 5.74) is 4.27. The van der Waals surface area contributed by atoms with Gasteiger partial charge in [-0.3, -0.25) is 9.55 Å². The highest BCUT2D eigenvalue weighted by molar-refractivity contribution is 5.81. The molecule has 4 aromatic rings. The number of piperazine rings is 1. The minimum atomic E-state index is -0.268. The molecule has 1 N–H and O–H groups in total. The van der Waals surface area contributed by atoms with E-state index in [1.54, 1.807) is 18.3 Å². The molecule has 5 rings (SSSR count). The number of imidazole rings is 1. The Morgan fingerprint density at radius 3 is 2.52 bits per heavy atom. The maximum Gasteiger partial charge on any atom is 0.167 e. The van der Waals surface area contributed by atoms with Gasteiger partial charge in [0.05, 0.1) is 5.69 Å². The van der Waals surface area contributed by atoms with E-state index in [2.05, 4.69) is 15.2 Å². The van der Waals surface area contributed by atoms with Gasteiger partial charge >= 0.3 is 0 Å². The molecule has 1 aliphatic heterocycles. The average molecular weight is 388 g/mol. The number of benzene rings is 1. The Labute approximate surface area is 168 Å². The van der Waals surface area contributed by atoms with E-state index >= 15 is 0 Å². The zero-order chi connectivity index (χ0) is 19.8. The number of nitrogens with one attached hydrogen (secondary N) is 1. The van der Waals surface area contributed by atoms with Crippen LogP contribution in [0.4, 0.5) is 10.2 Å². The first-order valence-electron chi connectivity index (χ1n) is 9.73. The molecule has 1 aliphatic rings. The molecule has 3 aromatic heterocycles. The Morgan fingerprint density at radius 2 is 1.76 bits per heavy atom. The summed E-state index contributed by atoms with van der Waals surface area (Å²) in [6.07, 6.45) is 1.78. The van der Waals surface area contributed by atoms with Crippen LogP contribution in [0.3, 0.4) is 0 Å². The quantitative estimate of drug-likeness (QED) is 0.583. The maximum absolute atomic E-state index is 13.5. The van der Waals surface area contributed by atoms with E-state index in [1.807, 2.05) is 35.8 Å².